The first-order valence-corrected chi connectivity index (χ1v) is 9.06. The molecule has 124 valence electrons. The van der Waals surface area contributed by atoms with Gasteiger partial charge in [-0.05, 0) is 42.2 Å². The van der Waals surface area contributed by atoms with E-state index in [0.29, 0.717) is 35.7 Å². The molecular formula is C19H27N3O. The van der Waals surface area contributed by atoms with E-state index in [-0.39, 0.29) is 0 Å². The number of nitrogens with zero attached hydrogens (tertiary/aromatic N) is 3. The standard InChI is InChI=1S/C19H27N3O/c1-13(2)17-8-16-12-21(10-14-4-3-7-20-9-14)11-15-5-6-18(23)22(17)19(15)16/h3-4,7,9,13,15-17,19H,5-6,8,10-12H2,1-2H3/t15-,16?,17-,19?/m1/s1. The average Bonchev–Trinajstić information content (AvgIpc) is 2.93. The van der Waals surface area contributed by atoms with Gasteiger partial charge in [-0.25, -0.2) is 0 Å². The molecule has 2 unspecified atom stereocenters. The van der Waals surface area contributed by atoms with Crippen LogP contribution >= 0.6 is 0 Å². The third kappa shape index (κ3) is 2.67. The molecule has 0 radical (unpaired) electrons. The van der Waals surface area contributed by atoms with Crippen LogP contribution in [0.5, 0.6) is 0 Å². The van der Waals surface area contributed by atoms with Crippen LogP contribution in [0.15, 0.2) is 24.5 Å². The Kier molecular flexibility index (Phi) is 3.88. The van der Waals surface area contributed by atoms with Crippen LogP contribution in [-0.2, 0) is 11.3 Å². The van der Waals surface area contributed by atoms with Crippen molar-refractivity contribution in [2.75, 3.05) is 13.1 Å². The van der Waals surface area contributed by atoms with E-state index >= 15 is 0 Å². The number of pyridine rings is 1. The lowest BCUT2D eigenvalue weighted by Crippen LogP contribution is -2.57. The Morgan fingerprint density at radius 3 is 2.87 bits per heavy atom. The Hall–Kier alpha value is -1.42. The fourth-order valence-corrected chi connectivity index (χ4v) is 5.18. The minimum Gasteiger partial charge on any atom is -0.336 e. The third-order valence-electron chi connectivity index (χ3n) is 6.09. The zero-order chi connectivity index (χ0) is 16.0. The van der Waals surface area contributed by atoms with Gasteiger partial charge in [0.25, 0.3) is 0 Å². The molecule has 4 nitrogen and oxygen atoms in total. The van der Waals surface area contributed by atoms with Crippen molar-refractivity contribution in [3.05, 3.63) is 30.1 Å². The zero-order valence-electron chi connectivity index (χ0n) is 14.2. The van der Waals surface area contributed by atoms with Gasteiger partial charge in [-0.2, -0.15) is 0 Å². The van der Waals surface area contributed by atoms with E-state index in [9.17, 15) is 4.79 Å². The molecule has 4 heterocycles. The summed E-state index contributed by atoms with van der Waals surface area (Å²) in [6, 6.07) is 5.15. The van der Waals surface area contributed by atoms with Crippen LogP contribution in [0.4, 0.5) is 0 Å². The molecule has 1 aromatic heterocycles. The van der Waals surface area contributed by atoms with E-state index in [0.717, 1.165) is 32.5 Å². The Morgan fingerprint density at radius 2 is 2.13 bits per heavy atom. The van der Waals surface area contributed by atoms with E-state index in [2.05, 4.69) is 34.7 Å². The van der Waals surface area contributed by atoms with Crippen molar-refractivity contribution in [2.45, 2.75) is 51.7 Å². The quantitative estimate of drug-likeness (QED) is 0.860. The number of hydrogen-bond donors (Lipinski definition) is 0. The lowest BCUT2D eigenvalue weighted by Gasteiger charge is -2.47. The molecule has 4 heteroatoms. The first kappa shape index (κ1) is 15.1. The Labute approximate surface area is 138 Å². The van der Waals surface area contributed by atoms with Gasteiger partial charge in [0.15, 0.2) is 0 Å². The van der Waals surface area contributed by atoms with Crippen LogP contribution < -0.4 is 0 Å². The number of aromatic nitrogens is 1. The van der Waals surface area contributed by atoms with Gasteiger partial charge in [0.2, 0.25) is 5.91 Å². The van der Waals surface area contributed by atoms with E-state index in [1.165, 1.54) is 12.0 Å². The number of rotatable bonds is 3. The van der Waals surface area contributed by atoms with Crippen LogP contribution in [-0.4, -0.2) is 45.9 Å². The molecule has 23 heavy (non-hydrogen) atoms. The van der Waals surface area contributed by atoms with Crippen molar-refractivity contribution in [3.8, 4) is 0 Å². The second kappa shape index (κ2) is 5.90. The summed E-state index contributed by atoms with van der Waals surface area (Å²) in [5.74, 6) is 2.29. The van der Waals surface area contributed by atoms with Crippen LogP contribution in [0.25, 0.3) is 0 Å². The Balaban J connectivity index is 1.53. The molecule has 0 bridgehead atoms. The SMILES string of the molecule is CC(C)[C@H]1CC2CN(Cc3cccnc3)C[C@H]3CCC(=O)N1C23. The van der Waals surface area contributed by atoms with Crippen molar-refractivity contribution in [1.82, 2.24) is 14.8 Å². The molecule has 3 saturated heterocycles. The molecule has 1 aromatic rings. The Bertz CT molecular complexity index is 573. The van der Waals surface area contributed by atoms with Gasteiger partial charge < -0.3 is 4.90 Å². The molecule has 0 N–H and O–H groups in total. The van der Waals surface area contributed by atoms with Crippen LogP contribution in [0.3, 0.4) is 0 Å². The molecule has 3 aliphatic rings. The van der Waals surface area contributed by atoms with E-state index in [1.54, 1.807) is 0 Å². The second-order valence-corrected chi connectivity index (χ2v) is 7.95. The topological polar surface area (TPSA) is 36.4 Å². The molecule has 0 spiro atoms. The van der Waals surface area contributed by atoms with E-state index in [1.807, 2.05) is 18.5 Å². The molecule has 0 saturated carbocycles. The first-order valence-electron chi connectivity index (χ1n) is 9.06. The summed E-state index contributed by atoms with van der Waals surface area (Å²) in [5.41, 5.74) is 1.30. The average molecular weight is 313 g/mol. The van der Waals surface area contributed by atoms with Crippen LogP contribution in [0, 0.1) is 17.8 Å². The highest BCUT2D eigenvalue weighted by atomic mass is 16.2. The molecule has 0 aliphatic carbocycles. The number of hydrogen-bond acceptors (Lipinski definition) is 3. The number of carbonyl (C=O) groups excluding carboxylic acids is 1. The van der Waals surface area contributed by atoms with Crippen molar-refractivity contribution in [1.29, 1.82) is 0 Å². The first-order chi connectivity index (χ1) is 11.1. The molecule has 0 aromatic carbocycles. The maximum atomic E-state index is 12.5. The minimum absolute atomic E-state index is 0.410. The molecule has 1 amide bonds. The zero-order valence-corrected chi connectivity index (χ0v) is 14.2. The van der Waals surface area contributed by atoms with Crippen molar-refractivity contribution in [3.63, 3.8) is 0 Å². The van der Waals surface area contributed by atoms with Gasteiger partial charge in [-0.15, -0.1) is 0 Å². The normalized spacial score (nSPS) is 34.0. The fourth-order valence-electron chi connectivity index (χ4n) is 5.18. The monoisotopic (exact) mass is 313 g/mol. The summed E-state index contributed by atoms with van der Waals surface area (Å²) in [5, 5.41) is 0. The summed E-state index contributed by atoms with van der Waals surface area (Å²) in [6.45, 7) is 7.79. The molecule has 3 fully saturated rings. The highest BCUT2D eigenvalue weighted by Gasteiger charge is 2.52. The summed E-state index contributed by atoms with van der Waals surface area (Å²) >= 11 is 0. The Morgan fingerprint density at radius 1 is 1.30 bits per heavy atom. The van der Waals surface area contributed by atoms with Gasteiger partial charge in [-0.3, -0.25) is 14.7 Å². The molecule has 3 aliphatic heterocycles. The molecule has 4 rings (SSSR count). The highest BCUT2D eigenvalue weighted by molar-refractivity contribution is 5.78. The lowest BCUT2D eigenvalue weighted by molar-refractivity contribution is -0.142. The fraction of sp³-hybridized carbons (Fsp3) is 0.684. The maximum absolute atomic E-state index is 12.5. The molecule has 4 atom stereocenters. The van der Waals surface area contributed by atoms with Crippen LogP contribution in [0.1, 0.15) is 38.7 Å². The van der Waals surface area contributed by atoms with Gasteiger partial charge in [0.1, 0.15) is 0 Å². The summed E-state index contributed by atoms with van der Waals surface area (Å²) in [6.07, 6.45) is 6.83. The highest BCUT2D eigenvalue weighted by Crippen LogP contribution is 2.45. The third-order valence-corrected chi connectivity index (χ3v) is 6.09. The predicted molar refractivity (Wildman–Crippen MR) is 89.6 cm³/mol. The summed E-state index contributed by atoms with van der Waals surface area (Å²) in [4.78, 5) is 21.6. The van der Waals surface area contributed by atoms with Crippen LogP contribution in [0.2, 0.25) is 0 Å². The summed E-state index contributed by atoms with van der Waals surface area (Å²) in [7, 11) is 0. The van der Waals surface area contributed by atoms with Gasteiger partial charge in [0.05, 0.1) is 0 Å². The predicted octanol–water partition coefficient (Wildman–Crippen LogP) is 2.55. The van der Waals surface area contributed by atoms with E-state index < -0.39 is 0 Å². The van der Waals surface area contributed by atoms with Gasteiger partial charge in [-0.1, -0.05) is 19.9 Å². The van der Waals surface area contributed by atoms with Gasteiger partial charge in [0, 0.05) is 50.5 Å². The number of carbonyl (C=O) groups is 1. The lowest BCUT2D eigenvalue weighted by atomic mass is 9.79. The van der Waals surface area contributed by atoms with Crippen molar-refractivity contribution < 1.29 is 4.79 Å². The minimum atomic E-state index is 0.410. The largest absolute Gasteiger partial charge is 0.336 e. The number of likely N-dealkylation sites (tertiary alicyclic amines) is 1. The number of piperidine rings is 2. The van der Waals surface area contributed by atoms with Crippen molar-refractivity contribution >= 4 is 5.91 Å². The summed E-state index contributed by atoms with van der Waals surface area (Å²) < 4.78 is 0. The second-order valence-electron chi connectivity index (χ2n) is 7.95. The maximum Gasteiger partial charge on any atom is 0.223 e. The smallest absolute Gasteiger partial charge is 0.223 e. The van der Waals surface area contributed by atoms with Gasteiger partial charge >= 0.3 is 0 Å². The number of amides is 1. The molecular weight excluding hydrogens is 286 g/mol. The van der Waals surface area contributed by atoms with E-state index in [4.69, 9.17) is 0 Å². The van der Waals surface area contributed by atoms with Crippen molar-refractivity contribution in [2.24, 2.45) is 17.8 Å².